The molecule has 6 heteroatoms. The molecule has 3 rings (SSSR count). The van der Waals surface area contributed by atoms with Crippen LogP contribution in [0.2, 0.25) is 0 Å². The average molecular weight is 313 g/mol. The summed E-state index contributed by atoms with van der Waals surface area (Å²) in [6, 6.07) is 10.3. The number of benzene rings is 1. The molecule has 0 saturated carbocycles. The van der Waals surface area contributed by atoms with E-state index in [0.29, 0.717) is 4.77 Å². The van der Waals surface area contributed by atoms with Crippen molar-refractivity contribution in [3.05, 3.63) is 64.7 Å². The van der Waals surface area contributed by atoms with E-state index in [0.717, 1.165) is 37.3 Å². The molecule has 0 aliphatic heterocycles. The van der Waals surface area contributed by atoms with E-state index in [4.69, 9.17) is 12.2 Å². The van der Waals surface area contributed by atoms with Crippen molar-refractivity contribution in [2.24, 2.45) is 7.05 Å². The zero-order valence-electron chi connectivity index (χ0n) is 12.6. The van der Waals surface area contributed by atoms with E-state index < -0.39 is 0 Å². The van der Waals surface area contributed by atoms with Gasteiger partial charge in [-0.2, -0.15) is 5.10 Å². The van der Waals surface area contributed by atoms with Gasteiger partial charge in [0, 0.05) is 26.2 Å². The number of nitrogens with one attached hydrogen (secondary N) is 1. The quantitative estimate of drug-likeness (QED) is 0.712. The number of aromatic nitrogens is 5. The zero-order valence-corrected chi connectivity index (χ0v) is 13.4. The van der Waals surface area contributed by atoms with Gasteiger partial charge in [0.1, 0.15) is 5.82 Å². The molecule has 114 valence electrons. The summed E-state index contributed by atoms with van der Waals surface area (Å²) in [4.78, 5) is 4.35. The molecule has 0 unspecified atom stereocenters. The molecule has 5 nitrogen and oxygen atoms in total. The SMILES string of the molecule is Cn1cnc(CCCn2c(Cc3ccccc3)n[nH]c2=S)c1. The van der Waals surface area contributed by atoms with Crippen LogP contribution in [0, 0.1) is 4.77 Å². The molecule has 0 radical (unpaired) electrons. The van der Waals surface area contributed by atoms with Gasteiger partial charge in [0.05, 0.1) is 12.0 Å². The van der Waals surface area contributed by atoms with Crippen LogP contribution in [0.15, 0.2) is 42.9 Å². The lowest BCUT2D eigenvalue weighted by Gasteiger charge is -2.06. The second-order valence-electron chi connectivity index (χ2n) is 5.39. The van der Waals surface area contributed by atoms with Crippen LogP contribution in [0.5, 0.6) is 0 Å². The van der Waals surface area contributed by atoms with E-state index >= 15 is 0 Å². The maximum atomic E-state index is 5.35. The Morgan fingerprint density at radius 1 is 1.23 bits per heavy atom. The van der Waals surface area contributed by atoms with Gasteiger partial charge in [0.15, 0.2) is 4.77 Å². The molecule has 0 atom stereocenters. The molecule has 0 aliphatic rings. The molecule has 22 heavy (non-hydrogen) atoms. The Morgan fingerprint density at radius 2 is 2.05 bits per heavy atom. The fourth-order valence-electron chi connectivity index (χ4n) is 2.51. The highest BCUT2D eigenvalue weighted by molar-refractivity contribution is 7.71. The third-order valence-corrected chi connectivity index (χ3v) is 3.93. The van der Waals surface area contributed by atoms with Gasteiger partial charge in [-0.15, -0.1) is 0 Å². The van der Waals surface area contributed by atoms with Crippen LogP contribution in [-0.2, 0) is 26.4 Å². The van der Waals surface area contributed by atoms with Crippen LogP contribution in [0.25, 0.3) is 0 Å². The second-order valence-corrected chi connectivity index (χ2v) is 5.78. The van der Waals surface area contributed by atoms with Gasteiger partial charge >= 0.3 is 0 Å². The van der Waals surface area contributed by atoms with Gasteiger partial charge in [-0.3, -0.25) is 5.10 Å². The van der Waals surface area contributed by atoms with Gasteiger partial charge in [0.2, 0.25) is 0 Å². The summed E-state index contributed by atoms with van der Waals surface area (Å²) in [7, 11) is 1.99. The molecule has 0 fully saturated rings. The van der Waals surface area contributed by atoms with E-state index in [1.807, 2.05) is 36.1 Å². The summed E-state index contributed by atoms with van der Waals surface area (Å²) < 4.78 is 4.75. The minimum absolute atomic E-state index is 0.687. The van der Waals surface area contributed by atoms with Gasteiger partial charge in [-0.25, -0.2) is 4.98 Å². The van der Waals surface area contributed by atoms with Gasteiger partial charge in [-0.05, 0) is 30.6 Å². The van der Waals surface area contributed by atoms with Crippen molar-refractivity contribution in [2.75, 3.05) is 0 Å². The molecule has 0 bridgehead atoms. The van der Waals surface area contributed by atoms with Crippen molar-refractivity contribution < 1.29 is 0 Å². The molecule has 0 saturated heterocycles. The summed E-state index contributed by atoms with van der Waals surface area (Å²) in [5.41, 5.74) is 2.35. The van der Waals surface area contributed by atoms with Gasteiger partial charge in [0.25, 0.3) is 0 Å². The van der Waals surface area contributed by atoms with Gasteiger partial charge in [-0.1, -0.05) is 30.3 Å². The van der Waals surface area contributed by atoms with Crippen LogP contribution in [0.1, 0.15) is 23.5 Å². The van der Waals surface area contributed by atoms with Crippen molar-refractivity contribution in [1.29, 1.82) is 0 Å². The number of hydrogen-bond donors (Lipinski definition) is 1. The molecular formula is C16H19N5S. The molecule has 1 aromatic carbocycles. The molecule has 3 aromatic rings. The highest BCUT2D eigenvalue weighted by Gasteiger charge is 2.07. The highest BCUT2D eigenvalue weighted by Crippen LogP contribution is 2.09. The maximum absolute atomic E-state index is 5.35. The largest absolute Gasteiger partial charge is 0.340 e. The maximum Gasteiger partial charge on any atom is 0.195 e. The Hall–Kier alpha value is -2.21. The fraction of sp³-hybridized carbons (Fsp3) is 0.312. The zero-order chi connectivity index (χ0) is 15.4. The van der Waals surface area contributed by atoms with E-state index in [-0.39, 0.29) is 0 Å². The third kappa shape index (κ3) is 3.51. The molecule has 1 N–H and O–H groups in total. The van der Waals surface area contributed by atoms with Crippen LogP contribution < -0.4 is 0 Å². The number of aryl methyl sites for hydroxylation is 2. The Bertz CT molecular complexity index is 784. The summed E-state index contributed by atoms with van der Waals surface area (Å²) in [5, 5.41) is 7.27. The van der Waals surface area contributed by atoms with E-state index in [9.17, 15) is 0 Å². The Kier molecular flexibility index (Phi) is 4.48. The summed E-state index contributed by atoms with van der Waals surface area (Å²) in [5.74, 6) is 0.984. The van der Waals surface area contributed by atoms with Crippen molar-refractivity contribution in [3.8, 4) is 0 Å². The van der Waals surface area contributed by atoms with E-state index in [1.54, 1.807) is 0 Å². The summed E-state index contributed by atoms with van der Waals surface area (Å²) in [6.07, 6.45) is 6.61. The first-order valence-corrected chi connectivity index (χ1v) is 7.78. The topological polar surface area (TPSA) is 51.4 Å². The van der Waals surface area contributed by atoms with Crippen LogP contribution in [-0.4, -0.2) is 24.3 Å². The van der Waals surface area contributed by atoms with Crippen molar-refractivity contribution in [3.63, 3.8) is 0 Å². The number of H-pyrrole nitrogens is 1. The predicted octanol–water partition coefficient (Wildman–Crippen LogP) is 2.90. The van der Waals surface area contributed by atoms with Crippen LogP contribution >= 0.6 is 12.2 Å². The minimum atomic E-state index is 0.687. The van der Waals surface area contributed by atoms with Crippen LogP contribution in [0.4, 0.5) is 0 Å². The van der Waals surface area contributed by atoms with E-state index in [2.05, 4.69) is 38.1 Å². The standard InChI is InChI=1S/C16H19N5S/c1-20-11-14(17-12-20)8-5-9-21-15(18-19-16(21)22)10-13-6-3-2-4-7-13/h2-4,6-7,11-12H,5,8-10H2,1H3,(H,19,22). The molecule has 2 heterocycles. The first-order chi connectivity index (χ1) is 10.7. The number of nitrogens with zero attached hydrogens (tertiary/aromatic N) is 4. The van der Waals surface area contributed by atoms with Crippen molar-refractivity contribution in [2.45, 2.75) is 25.8 Å². The van der Waals surface area contributed by atoms with Crippen molar-refractivity contribution in [1.82, 2.24) is 24.3 Å². The number of imidazole rings is 1. The minimum Gasteiger partial charge on any atom is -0.340 e. The Labute approximate surface area is 134 Å². The number of hydrogen-bond acceptors (Lipinski definition) is 3. The Morgan fingerprint density at radius 3 is 2.77 bits per heavy atom. The van der Waals surface area contributed by atoms with Gasteiger partial charge < -0.3 is 9.13 Å². The van der Waals surface area contributed by atoms with Crippen LogP contribution in [0.3, 0.4) is 0 Å². The smallest absolute Gasteiger partial charge is 0.195 e. The third-order valence-electron chi connectivity index (χ3n) is 3.62. The monoisotopic (exact) mass is 313 g/mol. The number of aromatic amines is 1. The second kappa shape index (κ2) is 6.70. The first kappa shape index (κ1) is 14.7. The molecule has 2 aromatic heterocycles. The first-order valence-electron chi connectivity index (χ1n) is 7.37. The highest BCUT2D eigenvalue weighted by atomic mass is 32.1. The lowest BCUT2D eigenvalue weighted by molar-refractivity contribution is 0.607. The molecule has 0 aliphatic carbocycles. The lowest BCUT2D eigenvalue weighted by Crippen LogP contribution is -2.06. The molecule has 0 spiro atoms. The Balaban J connectivity index is 1.66. The lowest BCUT2D eigenvalue weighted by atomic mass is 10.1. The van der Waals surface area contributed by atoms with E-state index in [1.165, 1.54) is 5.56 Å². The predicted molar refractivity (Wildman–Crippen MR) is 88.2 cm³/mol. The average Bonchev–Trinajstić information content (AvgIpc) is 3.08. The molecule has 0 amide bonds. The van der Waals surface area contributed by atoms with Crippen molar-refractivity contribution >= 4 is 12.2 Å². The molecular weight excluding hydrogens is 294 g/mol. The number of rotatable bonds is 6. The summed E-state index contributed by atoms with van der Waals surface area (Å²) >= 11 is 5.35. The summed E-state index contributed by atoms with van der Waals surface area (Å²) in [6.45, 7) is 0.855. The normalized spacial score (nSPS) is 11.0. The fourth-order valence-corrected chi connectivity index (χ4v) is 2.75.